The highest BCUT2D eigenvalue weighted by Crippen LogP contribution is 2.32. The van der Waals surface area contributed by atoms with Gasteiger partial charge in [0.05, 0.1) is 24.1 Å². The first-order valence-corrected chi connectivity index (χ1v) is 8.19. The number of ether oxygens (including phenoxy) is 1. The van der Waals surface area contributed by atoms with Crippen LogP contribution in [0.1, 0.15) is 5.56 Å². The zero-order valence-corrected chi connectivity index (χ0v) is 13.6. The van der Waals surface area contributed by atoms with Crippen LogP contribution in [0.25, 0.3) is 0 Å². The van der Waals surface area contributed by atoms with Crippen molar-refractivity contribution in [1.29, 1.82) is 0 Å². The summed E-state index contributed by atoms with van der Waals surface area (Å²) in [5.74, 6) is -0.112. The zero-order valence-electron chi connectivity index (χ0n) is 13.6. The summed E-state index contributed by atoms with van der Waals surface area (Å²) in [6.07, 6.45) is 3.00. The predicted molar refractivity (Wildman–Crippen MR) is 92.2 cm³/mol. The van der Waals surface area contributed by atoms with Crippen LogP contribution >= 0.6 is 0 Å². The Balaban J connectivity index is 1.42. The van der Waals surface area contributed by atoms with Crippen LogP contribution in [0, 0.1) is 0 Å². The molecule has 1 aromatic carbocycles. The number of fused-ring (bicyclic) bond motifs is 3. The van der Waals surface area contributed by atoms with E-state index in [1.165, 1.54) is 0 Å². The summed E-state index contributed by atoms with van der Waals surface area (Å²) in [4.78, 5) is 32.4. The van der Waals surface area contributed by atoms with Crippen molar-refractivity contribution in [3.05, 3.63) is 54.4 Å². The van der Waals surface area contributed by atoms with Gasteiger partial charge >= 0.3 is 6.09 Å². The van der Waals surface area contributed by atoms with Gasteiger partial charge in [0.1, 0.15) is 12.6 Å². The molecule has 2 aromatic rings. The van der Waals surface area contributed by atoms with Crippen molar-refractivity contribution in [1.82, 2.24) is 9.88 Å². The minimum atomic E-state index is -0.422. The SMILES string of the molecule is O=C1Nc2ccncc2N2CCN(C(=O)OCc3ccccc3)CC12. The van der Waals surface area contributed by atoms with Crippen molar-refractivity contribution >= 4 is 23.4 Å². The number of nitrogens with one attached hydrogen (secondary N) is 1. The molecule has 0 bridgehead atoms. The third kappa shape index (κ3) is 3.00. The summed E-state index contributed by atoms with van der Waals surface area (Å²) in [7, 11) is 0. The molecule has 128 valence electrons. The fourth-order valence-electron chi connectivity index (χ4n) is 3.21. The number of hydrogen-bond donors (Lipinski definition) is 1. The third-order valence-corrected chi connectivity index (χ3v) is 4.51. The first-order chi connectivity index (χ1) is 12.2. The number of hydrogen-bond acceptors (Lipinski definition) is 5. The van der Waals surface area contributed by atoms with Gasteiger partial charge in [0.2, 0.25) is 5.91 Å². The molecule has 7 heteroatoms. The van der Waals surface area contributed by atoms with E-state index in [1.54, 1.807) is 23.4 Å². The van der Waals surface area contributed by atoms with Crippen LogP contribution in [-0.2, 0) is 16.1 Å². The first-order valence-electron chi connectivity index (χ1n) is 8.19. The van der Waals surface area contributed by atoms with Gasteiger partial charge < -0.3 is 19.9 Å². The molecule has 1 N–H and O–H groups in total. The average Bonchev–Trinajstić information content (AvgIpc) is 2.67. The van der Waals surface area contributed by atoms with Gasteiger partial charge in [-0.15, -0.1) is 0 Å². The number of rotatable bonds is 2. The lowest BCUT2D eigenvalue weighted by Crippen LogP contribution is -2.61. The maximum Gasteiger partial charge on any atom is 0.410 e. The lowest BCUT2D eigenvalue weighted by molar-refractivity contribution is -0.118. The van der Waals surface area contributed by atoms with Gasteiger partial charge in [-0.3, -0.25) is 9.78 Å². The van der Waals surface area contributed by atoms with Gasteiger partial charge in [-0.2, -0.15) is 0 Å². The van der Waals surface area contributed by atoms with E-state index in [4.69, 9.17) is 4.74 Å². The smallest absolute Gasteiger partial charge is 0.410 e. The maximum absolute atomic E-state index is 12.4. The average molecular weight is 338 g/mol. The Morgan fingerprint density at radius 1 is 1.24 bits per heavy atom. The van der Waals surface area contributed by atoms with Crippen molar-refractivity contribution in [3.63, 3.8) is 0 Å². The molecular formula is C18H18N4O3. The predicted octanol–water partition coefficient (Wildman–Crippen LogP) is 1.86. The number of carbonyl (C=O) groups is 2. The lowest BCUT2D eigenvalue weighted by atomic mass is 10.1. The normalized spacial score (nSPS) is 18.9. The van der Waals surface area contributed by atoms with E-state index in [0.717, 1.165) is 16.9 Å². The molecule has 0 spiro atoms. The van der Waals surface area contributed by atoms with E-state index in [1.807, 2.05) is 35.2 Å². The van der Waals surface area contributed by atoms with Crippen molar-refractivity contribution in [2.24, 2.45) is 0 Å². The highest BCUT2D eigenvalue weighted by atomic mass is 16.6. The number of piperazine rings is 1. The number of anilines is 2. The Hall–Kier alpha value is -3.09. The van der Waals surface area contributed by atoms with Gasteiger partial charge in [-0.25, -0.2) is 4.79 Å². The van der Waals surface area contributed by atoms with Crippen LogP contribution < -0.4 is 10.2 Å². The van der Waals surface area contributed by atoms with Crippen LogP contribution in [0.15, 0.2) is 48.8 Å². The Bertz CT molecular complexity index is 796. The van der Waals surface area contributed by atoms with Gasteiger partial charge in [0, 0.05) is 19.3 Å². The zero-order chi connectivity index (χ0) is 17.2. The molecule has 7 nitrogen and oxygen atoms in total. The minimum absolute atomic E-state index is 0.112. The fraction of sp³-hybridized carbons (Fsp3) is 0.278. The number of amides is 2. The number of pyridine rings is 1. The van der Waals surface area contributed by atoms with E-state index in [0.29, 0.717) is 19.6 Å². The highest BCUT2D eigenvalue weighted by molar-refractivity contribution is 6.03. The molecule has 1 fully saturated rings. The molecule has 1 saturated heterocycles. The molecule has 1 atom stereocenters. The fourth-order valence-corrected chi connectivity index (χ4v) is 3.21. The Labute approximate surface area is 145 Å². The molecule has 25 heavy (non-hydrogen) atoms. The molecule has 1 unspecified atom stereocenters. The number of benzene rings is 1. The van der Waals surface area contributed by atoms with Crippen molar-refractivity contribution in [3.8, 4) is 0 Å². The highest BCUT2D eigenvalue weighted by Gasteiger charge is 2.39. The number of carbonyl (C=O) groups excluding carboxylic acids is 2. The summed E-state index contributed by atoms with van der Waals surface area (Å²) in [6.45, 7) is 1.60. The monoisotopic (exact) mass is 338 g/mol. The first kappa shape index (κ1) is 15.4. The molecule has 2 aliphatic heterocycles. The third-order valence-electron chi connectivity index (χ3n) is 4.51. The van der Waals surface area contributed by atoms with Crippen LogP contribution in [-0.4, -0.2) is 47.6 Å². The van der Waals surface area contributed by atoms with E-state index in [2.05, 4.69) is 10.3 Å². The molecule has 1 aromatic heterocycles. The maximum atomic E-state index is 12.4. The summed E-state index contributed by atoms with van der Waals surface area (Å²) in [5, 5.41) is 2.88. The van der Waals surface area contributed by atoms with E-state index < -0.39 is 12.1 Å². The van der Waals surface area contributed by atoms with Gasteiger partial charge in [-0.1, -0.05) is 30.3 Å². The van der Waals surface area contributed by atoms with E-state index in [-0.39, 0.29) is 12.5 Å². The van der Waals surface area contributed by atoms with E-state index >= 15 is 0 Å². The Kier molecular flexibility index (Phi) is 3.97. The standard InChI is InChI=1S/C18H18N4O3/c23-17-16-11-21(18(24)25-12-13-4-2-1-3-5-13)8-9-22(16)15-10-19-7-6-14(15)20-17/h1-7,10,16H,8-9,11-12H2,(H,20,23). The van der Waals surface area contributed by atoms with Crippen LogP contribution in [0.4, 0.5) is 16.2 Å². The lowest BCUT2D eigenvalue weighted by Gasteiger charge is -2.44. The molecular weight excluding hydrogens is 320 g/mol. The summed E-state index contributed by atoms with van der Waals surface area (Å²) in [6, 6.07) is 10.9. The molecule has 2 amide bonds. The van der Waals surface area contributed by atoms with Crippen LogP contribution in [0.5, 0.6) is 0 Å². The van der Waals surface area contributed by atoms with Crippen LogP contribution in [0.3, 0.4) is 0 Å². The second-order valence-corrected chi connectivity index (χ2v) is 6.08. The van der Waals surface area contributed by atoms with Gasteiger partial charge in [0.15, 0.2) is 0 Å². The second-order valence-electron chi connectivity index (χ2n) is 6.08. The molecule has 0 radical (unpaired) electrons. The molecule has 2 aliphatic rings. The molecule has 0 aliphatic carbocycles. The van der Waals surface area contributed by atoms with Gasteiger partial charge in [-0.05, 0) is 11.6 Å². The quantitative estimate of drug-likeness (QED) is 0.905. The number of nitrogens with zero attached hydrogens (tertiary/aromatic N) is 3. The Morgan fingerprint density at radius 2 is 2.08 bits per heavy atom. The Morgan fingerprint density at radius 3 is 2.92 bits per heavy atom. The van der Waals surface area contributed by atoms with Crippen molar-refractivity contribution in [2.45, 2.75) is 12.6 Å². The molecule has 4 rings (SSSR count). The van der Waals surface area contributed by atoms with Crippen LogP contribution in [0.2, 0.25) is 0 Å². The largest absolute Gasteiger partial charge is 0.445 e. The summed E-state index contributed by atoms with van der Waals surface area (Å²) in [5.41, 5.74) is 2.59. The number of aromatic nitrogens is 1. The van der Waals surface area contributed by atoms with E-state index in [9.17, 15) is 9.59 Å². The van der Waals surface area contributed by atoms with Crippen molar-refractivity contribution < 1.29 is 14.3 Å². The molecule has 3 heterocycles. The van der Waals surface area contributed by atoms with Gasteiger partial charge in [0.25, 0.3) is 0 Å². The summed E-state index contributed by atoms with van der Waals surface area (Å²) >= 11 is 0. The topological polar surface area (TPSA) is 74.8 Å². The second kappa shape index (κ2) is 6.43. The van der Waals surface area contributed by atoms with Crippen molar-refractivity contribution in [2.75, 3.05) is 29.9 Å². The summed E-state index contributed by atoms with van der Waals surface area (Å²) < 4.78 is 5.38. The molecule has 0 saturated carbocycles. The minimum Gasteiger partial charge on any atom is -0.445 e.